The van der Waals surface area contributed by atoms with Gasteiger partial charge in [0.05, 0.1) is 6.61 Å². The van der Waals surface area contributed by atoms with Crippen LogP contribution in [0.4, 0.5) is 0 Å². The average molecular weight is 242 g/mol. The fourth-order valence-corrected chi connectivity index (χ4v) is 2.77. The summed E-state index contributed by atoms with van der Waals surface area (Å²) >= 11 is 0. The second kappa shape index (κ2) is 6.17. The highest BCUT2D eigenvalue weighted by Crippen LogP contribution is 2.25. The molecule has 0 N–H and O–H groups in total. The number of ether oxygens (including phenoxy) is 1. The van der Waals surface area contributed by atoms with Gasteiger partial charge in [-0.15, -0.1) is 0 Å². The quantitative estimate of drug-likeness (QED) is 0.750. The Morgan fingerprint density at radius 2 is 1.41 bits per heavy atom. The van der Waals surface area contributed by atoms with Crippen molar-refractivity contribution in [2.75, 3.05) is 39.9 Å². The molecule has 0 radical (unpaired) electrons. The van der Waals surface area contributed by atoms with Gasteiger partial charge in [0.15, 0.2) is 0 Å². The van der Waals surface area contributed by atoms with E-state index in [1.807, 2.05) is 7.11 Å². The normalized spacial score (nSPS) is 23.3. The van der Waals surface area contributed by atoms with E-state index in [9.17, 15) is 0 Å². The molecule has 0 spiro atoms. The van der Waals surface area contributed by atoms with Gasteiger partial charge < -0.3 is 4.74 Å². The van der Waals surface area contributed by atoms with E-state index in [0.717, 1.165) is 19.7 Å². The second-order valence-corrected chi connectivity index (χ2v) is 6.37. The van der Waals surface area contributed by atoms with E-state index in [2.05, 4.69) is 44.4 Å². The zero-order chi connectivity index (χ0) is 13.1. The Hall–Kier alpha value is -0.120. The number of hydrogen-bond donors (Lipinski definition) is 0. The summed E-state index contributed by atoms with van der Waals surface area (Å²) in [4.78, 5) is 5.17. The minimum absolute atomic E-state index is 0.250. The monoisotopic (exact) mass is 242 g/mol. The molecule has 3 nitrogen and oxygen atoms in total. The Kier molecular flexibility index (Phi) is 5.42. The van der Waals surface area contributed by atoms with Crippen molar-refractivity contribution in [1.29, 1.82) is 0 Å². The van der Waals surface area contributed by atoms with E-state index >= 15 is 0 Å². The summed E-state index contributed by atoms with van der Waals surface area (Å²) in [7, 11) is 1.82. The molecular formula is C14H30N2O. The van der Waals surface area contributed by atoms with Gasteiger partial charge in [-0.05, 0) is 27.7 Å². The molecule has 0 aromatic rings. The van der Waals surface area contributed by atoms with Crippen molar-refractivity contribution in [3.63, 3.8) is 0 Å². The largest absolute Gasteiger partial charge is 0.384 e. The van der Waals surface area contributed by atoms with Gasteiger partial charge in [-0.3, -0.25) is 9.80 Å². The molecule has 3 heteroatoms. The van der Waals surface area contributed by atoms with Crippen molar-refractivity contribution < 1.29 is 4.74 Å². The Morgan fingerprint density at radius 3 is 1.71 bits per heavy atom. The van der Waals surface area contributed by atoms with E-state index in [1.54, 1.807) is 0 Å². The summed E-state index contributed by atoms with van der Waals surface area (Å²) in [6.45, 7) is 17.0. The molecule has 1 rings (SSSR count). The van der Waals surface area contributed by atoms with Crippen LogP contribution >= 0.6 is 0 Å². The molecule has 1 aliphatic heterocycles. The third-order valence-electron chi connectivity index (χ3n) is 3.80. The summed E-state index contributed by atoms with van der Waals surface area (Å²) in [5.41, 5.74) is 0.250. The Bertz CT molecular complexity index is 210. The first-order valence-electron chi connectivity index (χ1n) is 6.85. The van der Waals surface area contributed by atoms with E-state index < -0.39 is 0 Å². The van der Waals surface area contributed by atoms with Crippen molar-refractivity contribution >= 4 is 0 Å². The van der Waals surface area contributed by atoms with Crippen LogP contribution in [0.5, 0.6) is 0 Å². The van der Waals surface area contributed by atoms with Crippen LogP contribution in [0.1, 0.15) is 34.6 Å². The summed E-state index contributed by atoms with van der Waals surface area (Å²) in [6.07, 6.45) is 0. The van der Waals surface area contributed by atoms with Crippen LogP contribution in [0.25, 0.3) is 0 Å². The number of methoxy groups -OCH3 is 1. The lowest BCUT2D eigenvalue weighted by atomic mass is 9.90. The molecule has 1 heterocycles. The highest BCUT2D eigenvalue weighted by Gasteiger charge is 2.34. The van der Waals surface area contributed by atoms with Crippen molar-refractivity contribution in [1.82, 2.24) is 9.80 Å². The Balaban J connectivity index is 2.78. The molecule has 17 heavy (non-hydrogen) atoms. The van der Waals surface area contributed by atoms with Crippen LogP contribution in [-0.2, 0) is 4.74 Å². The average Bonchev–Trinajstić information content (AvgIpc) is 2.38. The molecule has 0 aromatic carbocycles. The highest BCUT2D eigenvalue weighted by molar-refractivity contribution is 4.88. The topological polar surface area (TPSA) is 15.7 Å². The van der Waals surface area contributed by atoms with Gasteiger partial charge in [0.1, 0.15) is 0 Å². The molecule has 0 saturated carbocycles. The van der Waals surface area contributed by atoms with Crippen molar-refractivity contribution in [2.24, 2.45) is 5.41 Å². The second-order valence-electron chi connectivity index (χ2n) is 6.37. The molecule has 0 bridgehead atoms. The van der Waals surface area contributed by atoms with E-state index in [4.69, 9.17) is 4.74 Å². The molecule has 0 unspecified atom stereocenters. The molecule has 102 valence electrons. The standard InChI is InChI=1S/C14H30N2O/c1-12(2)15-7-8-16(13(3)4)10-14(5,9-15)11-17-6/h12-13H,7-11H2,1-6H3. The maximum Gasteiger partial charge on any atom is 0.0540 e. The third kappa shape index (κ3) is 4.23. The summed E-state index contributed by atoms with van der Waals surface area (Å²) in [6, 6.07) is 1.25. The molecule has 0 amide bonds. The first kappa shape index (κ1) is 14.9. The van der Waals surface area contributed by atoms with E-state index in [0.29, 0.717) is 12.1 Å². The predicted molar refractivity (Wildman–Crippen MR) is 73.4 cm³/mol. The lowest BCUT2D eigenvalue weighted by Gasteiger charge is -2.36. The van der Waals surface area contributed by atoms with Gasteiger partial charge in [-0.1, -0.05) is 6.92 Å². The van der Waals surface area contributed by atoms with Crippen LogP contribution in [0.2, 0.25) is 0 Å². The van der Waals surface area contributed by atoms with Gasteiger partial charge in [-0.25, -0.2) is 0 Å². The van der Waals surface area contributed by atoms with Gasteiger partial charge in [0, 0.05) is 50.8 Å². The minimum Gasteiger partial charge on any atom is -0.384 e. The van der Waals surface area contributed by atoms with E-state index in [1.165, 1.54) is 13.1 Å². The lowest BCUT2D eigenvalue weighted by Crippen LogP contribution is -2.44. The van der Waals surface area contributed by atoms with Crippen LogP contribution in [0, 0.1) is 5.41 Å². The Labute approximate surface area is 107 Å². The summed E-state index contributed by atoms with van der Waals surface area (Å²) in [5, 5.41) is 0. The summed E-state index contributed by atoms with van der Waals surface area (Å²) < 4.78 is 5.44. The zero-order valence-corrected chi connectivity index (χ0v) is 12.5. The van der Waals surface area contributed by atoms with E-state index in [-0.39, 0.29) is 5.41 Å². The minimum atomic E-state index is 0.250. The molecule has 0 atom stereocenters. The molecule has 1 aliphatic rings. The third-order valence-corrected chi connectivity index (χ3v) is 3.80. The van der Waals surface area contributed by atoms with Gasteiger partial charge in [-0.2, -0.15) is 0 Å². The van der Waals surface area contributed by atoms with Crippen LogP contribution < -0.4 is 0 Å². The van der Waals surface area contributed by atoms with Crippen LogP contribution in [-0.4, -0.2) is 61.8 Å². The number of rotatable bonds is 4. The number of nitrogens with zero attached hydrogens (tertiary/aromatic N) is 2. The maximum atomic E-state index is 5.44. The predicted octanol–water partition coefficient (Wildman–Crippen LogP) is 2.07. The fourth-order valence-electron chi connectivity index (χ4n) is 2.77. The maximum absolute atomic E-state index is 5.44. The highest BCUT2D eigenvalue weighted by atomic mass is 16.5. The molecule has 0 aromatic heterocycles. The zero-order valence-electron chi connectivity index (χ0n) is 12.5. The molecule has 1 saturated heterocycles. The molecule has 1 fully saturated rings. The fraction of sp³-hybridized carbons (Fsp3) is 1.00. The smallest absolute Gasteiger partial charge is 0.0540 e. The first-order chi connectivity index (χ1) is 7.88. The van der Waals surface area contributed by atoms with Crippen molar-refractivity contribution in [2.45, 2.75) is 46.7 Å². The number of hydrogen-bond acceptors (Lipinski definition) is 3. The van der Waals surface area contributed by atoms with Gasteiger partial charge in [0.2, 0.25) is 0 Å². The molecule has 0 aliphatic carbocycles. The van der Waals surface area contributed by atoms with Gasteiger partial charge >= 0.3 is 0 Å². The molecular weight excluding hydrogens is 212 g/mol. The van der Waals surface area contributed by atoms with Crippen LogP contribution in [0.15, 0.2) is 0 Å². The van der Waals surface area contributed by atoms with Crippen molar-refractivity contribution in [3.05, 3.63) is 0 Å². The van der Waals surface area contributed by atoms with Gasteiger partial charge in [0.25, 0.3) is 0 Å². The summed E-state index contributed by atoms with van der Waals surface area (Å²) in [5.74, 6) is 0. The Morgan fingerprint density at radius 1 is 1.00 bits per heavy atom. The van der Waals surface area contributed by atoms with Crippen LogP contribution in [0.3, 0.4) is 0 Å². The lowest BCUT2D eigenvalue weighted by molar-refractivity contribution is 0.0426. The first-order valence-corrected chi connectivity index (χ1v) is 6.85. The SMILES string of the molecule is COCC1(C)CN(C(C)C)CCN(C(C)C)C1. The van der Waals surface area contributed by atoms with Crippen molar-refractivity contribution in [3.8, 4) is 0 Å².